The number of nitrogens with zero attached hydrogens (tertiary/aromatic N) is 2. The van der Waals surface area contributed by atoms with Crippen LogP contribution in [-0.4, -0.2) is 9.13 Å². The number of allylic oxidation sites excluding steroid dienone is 5. The Balaban J connectivity index is 1.09. The molecule has 2 nitrogen and oxygen atoms in total. The van der Waals surface area contributed by atoms with Gasteiger partial charge in [0.05, 0.1) is 22.1 Å². The van der Waals surface area contributed by atoms with Gasteiger partial charge in [-0.25, -0.2) is 0 Å². The van der Waals surface area contributed by atoms with E-state index in [0.29, 0.717) is 0 Å². The Morgan fingerprint density at radius 3 is 1.49 bits per heavy atom. The predicted molar refractivity (Wildman–Crippen MR) is 219 cm³/mol. The van der Waals surface area contributed by atoms with E-state index in [9.17, 15) is 0 Å². The molecule has 0 saturated carbocycles. The van der Waals surface area contributed by atoms with Crippen LogP contribution in [0.2, 0.25) is 0 Å². The van der Waals surface area contributed by atoms with Crippen LogP contribution in [-0.2, 0) is 0 Å². The van der Waals surface area contributed by atoms with Gasteiger partial charge in [-0.2, -0.15) is 0 Å². The summed E-state index contributed by atoms with van der Waals surface area (Å²) in [5.74, 6) is 0. The van der Waals surface area contributed by atoms with Gasteiger partial charge in [0.1, 0.15) is 0 Å². The molecule has 242 valence electrons. The third kappa shape index (κ3) is 5.29. The van der Waals surface area contributed by atoms with Gasteiger partial charge in [0.2, 0.25) is 0 Å². The standard InChI is InChI=1S/C49H36N2/c1-3-4-6-13-34(2)38-24-30-44-42-16-9-11-18-46(42)50(48(44)32-38)40-26-20-36(21-27-40)37-22-28-41(29-23-37)51-47-19-12-10-17-43(47)45-31-25-39(33-49(45)51)35-14-7-5-8-15-35/h3-33H,2H2,1H3. The first-order valence-corrected chi connectivity index (χ1v) is 17.5. The van der Waals surface area contributed by atoms with Crippen LogP contribution in [0.1, 0.15) is 12.5 Å². The summed E-state index contributed by atoms with van der Waals surface area (Å²) in [5, 5.41) is 5.00. The minimum absolute atomic E-state index is 0.989. The first-order valence-electron chi connectivity index (χ1n) is 17.5. The summed E-state index contributed by atoms with van der Waals surface area (Å²) in [4.78, 5) is 0. The molecule has 7 aromatic carbocycles. The highest BCUT2D eigenvalue weighted by Gasteiger charge is 2.15. The van der Waals surface area contributed by atoms with Crippen molar-refractivity contribution < 1.29 is 0 Å². The second-order valence-electron chi connectivity index (χ2n) is 13.0. The number of benzene rings is 7. The van der Waals surface area contributed by atoms with Crippen molar-refractivity contribution in [2.45, 2.75) is 6.92 Å². The van der Waals surface area contributed by atoms with Crippen LogP contribution >= 0.6 is 0 Å². The monoisotopic (exact) mass is 652 g/mol. The molecule has 0 aliphatic carbocycles. The average Bonchev–Trinajstić information content (AvgIpc) is 3.70. The highest BCUT2D eigenvalue weighted by atomic mass is 15.0. The number of hydrogen-bond donors (Lipinski definition) is 0. The summed E-state index contributed by atoms with van der Waals surface area (Å²) >= 11 is 0. The maximum atomic E-state index is 4.34. The van der Waals surface area contributed by atoms with Crippen molar-refractivity contribution in [3.8, 4) is 33.6 Å². The first kappa shape index (κ1) is 30.4. The number of aromatic nitrogens is 2. The minimum Gasteiger partial charge on any atom is -0.309 e. The Morgan fingerprint density at radius 2 is 0.902 bits per heavy atom. The zero-order chi connectivity index (χ0) is 34.3. The highest BCUT2D eigenvalue weighted by Crippen LogP contribution is 2.37. The lowest BCUT2D eigenvalue weighted by Crippen LogP contribution is -1.95. The van der Waals surface area contributed by atoms with E-state index in [1.807, 2.05) is 25.2 Å². The van der Waals surface area contributed by atoms with Crippen molar-refractivity contribution in [1.82, 2.24) is 9.13 Å². The number of rotatable bonds is 7. The fraction of sp³-hybridized carbons (Fsp3) is 0.0204. The molecule has 0 aliphatic rings. The molecule has 0 bridgehead atoms. The molecule has 0 amide bonds. The summed E-state index contributed by atoms with van der Waals surface area (Å²) < 4.78 is 4.77. The molecule has 2 heterocycles. The van der Waals surface area contributed by atoms with Crippen molar-refractivity contribution in [2.75, 3.05) is 0 Å². The molecule has 0 fully saturated rings. The zero-order valence-corrected chi connectivity index (χ0v) is 28.5. The summed E-state index contributed by atoms with van der Waals surface area (Å²) in [7, 11) is 0. The van der Waals surface area contributed by atoms with Gasteiger partial charge >= 0.3 is 0 Å². The van der Waals surface area contributed by atoms with Crippen LogP contribution in [0.5, 0.6) is 0 Å². The largest absolute Gasteiger partial charge is 0.309 e. The SMILES string of the molecule is C=C(C=CC=CC)c1ccc2c3ccccc3n(-c3ccc(-c4ccc(-n5c6ccccc6c6ccc(-c7ccccc7)cc65)cc4)cc3)c2c1. The zero-order valence-electron chi connectivity index (χ0n) is 28.5. The molecular weight excluding hydrogens is 617 g/mol. The molecule has 0 unspecified atom stereocenters. The number of fused-ring (bicyclic) bond motifs is 6. The second kappa shape index (κ2) is 12.7. The molecule has 0 spiro atoms. The molecule has 0 radical (unpaired) electrons. The molecule has 0 aliphatic heterocycles. The van der Waals surface area contributed by atoms with E-state index < -0.39 is 0 Å². The van der Waals surface area contributed by atoms with E-state index in [-0.39, 0.29) is 0 Å². The molecule has 9 aromatic rings. The predicted octanol–water partition coefficient (Wildman–Crippen LogP) is 13.4. The maximum absolute atomic E-state index is 4.34. The fourth-order valence-corrected chi connectivity index (χ4v) is 7.49. The van der Waals surface area contributed by atoms with Gasteiger partial charge in [0.15, 0.2) is 0 Å². The van der Waals surface area contributed by atoms with Gasteiger partial charge in [-0.05, 0) is 88.8 Å². The topological polar surface area (TPSA) is 9.86 Å². The molecule has 0 saturated heterocycles. The number of para-hydroxylation sites is 2. The van der Waals surface area contributed by atoms with E-state index >= 15 is 0 Å². The Hall–Kier alpha value is -6.64. The Kier molecular flexibility index (Phi) is 7.56. The van der Waals surface area contributed by atoms with Crippen molar-refractivity contribution >= 4 is 49.2 Å². The third-order valence-electron chi connectivity index (χ3n) is 10.0. The summed E-state index contributed by atoms with van der Waals surface area (Å²) in [5.41, 5.74) is 14.0. The van der Waals surface area contributed by atoms with Gasteiger partial charge in [-0.15, -0.1) is 0 Å². The van der Waals surface area contributed by atoms with Crippen LogP contribution in [0.25, 0.3) is 82.8 Å². The lowest BCUT2D eigenvalue weighted by Gasteiger charge is -2.12. The van der Waals surface area contributed by atoms with Crippen molar-refractivity contribution in [3.63, 3.8) is 0 Å². The smallest absolute Gasteiger partial charge is 0.0547 e. The second-order valence-corrected chi connectivity index (χ2v) is 13.0. The van der Waals surface area contributed by atoms with Gasteiger partial charge in [-0.1, -0.05) is 146 Å². The highest BCUT2D eigenvalue weighted by molar-refractivity contribution is 6.11. The molecule has 2 heteroatoms. The van der Waals surface area contributed by atoms with Gasteiger partial charge < -0.3 is 9.13 Å². The fourth-order valence-electron chi connectivity index (χ4n) is 7.49. The van der Waals surface area contributed by atoms with E-state index in [2.05, 4.69) is 186 Å². The number of hydrogen-bond acceptors (Lipinski definition) is 0. The van der Waals surface area contributed by atoms with E-state index in [0.717, 1.165) is 22.5 Å². The molecule has 51 heavy (non-hydrogen) atoms. The van der Waals surface area contributed by atoms with Crippen LogP contribution in [0.4, 0.5) is 0 Å². The van der Waals surface area contributed by atoms with Gasteiger partial charge in [-0.3, -0.25) is 0 Å². The summed E-state index contributed by atoms with van der Waals surface area (Å²) in [6, 6.07) is 59.4. The maximum Gasteiger partial charge on any atom is 0.0547 e. The molecule has 9 rings (SSSR count). The third-order valence-corrected chi connectivity index (χ3v) is 10.0. The van der Waals surface area contributed by atoms with E-state index in [4.69, 9.17) is 0 Å². The Bertz CT molecular complexity index is 2790. The van der Waals surface area contributed by atoms with Crippen molar-refractivity contribution in [1.29, 1.82) is 0 Å². The molecular formula is C49H36N2. The molecule has 0 atom stereocenters. The average molecular weight is 653 g/mol. The minimum atomic E-state index is 0.989. The van der Waals surface area contributed by atoms with Crippen LogP contribution in [0.3, 0.4) is 0 Å². The quantitative estimate of drug-likeness (QED) is 0.152. The van der Waals surface area contributed by atoms with Crippen molar-refractivity contribution in [3.05, 3.63) is 200 Å². The van der Waals surface area contributed by atoms with Crippen LogP contribution in [0.15, 0.2) is 195 Å². The lowest BCUT2D eigenvalue weighted by molar-refractivity contribution is 1.18. The van der Waals surface area contributed by atoms with Crippen molar-refractivity contribution in [2.24, 2.45) is 0 Å². The van der Waals surface area contributed by atoms with Crippen LogP contribution in [0, 0.1) is 0 Å². The summed E-state index contributed by atoms with van der Waals surface area (Å²) in [6.45, 7) is 6.36. The van der Waals surface area contributed by atoms with E-state index in [1.54, 1.807) is 0 Å². The van der Waals surface area contributed by atoms with Gasteiger partial charge in [0.25, 0.3) is 0 Å². The first-order chi connectivity index (χ1) is 25.2. The molecule has 0 N–H and O–H groups in total. The normalized spacial score (nSPS) is 11.9. The Labute approximate surface area is 298 Å². The van der Waals surface area contributed by atoms with E-state index in [1.165, 1.54) is 65.9 Å². The molecule has 2 aromatic heterocycles. The van der Waals surface area contributed by atoms with Crippen LogP contribution < -0.4 is 0 Å². The Morgan fingerprint density at radius 1 is 0.431 bits per heavy atom. The summed E-state index contributed by atoms with van der Waals surface area (Å²) in [6.07, 6.45) is 8.16. The lowest BCUT2D eigenvalue weighted by atomic mass is 10.0. The van der Waals surface area contributed by atoms with Gasteiger partial charge in [0, 0.05) is 32.9 Å².